The Bertz CT molecular complexity index is 869. The summed E-state index contributed by atoms with van der Waals surface area (Å²) in [4.78, 5) is 41.6. The van der Waals surface area contributed by atoms with Crippen molar-refractivity contribution in [1.29, 1.82) is 0 Å². The van der Waals surface area contributed by atoms with Gasteiger partial charge in [-0.15, -0.1) is 0 Å². The number of aryl methyl sites for hydroxylation is 2. The van der Waals surface area contributed by atoms with E-state index in [9.17, 15) is 14.4 Å². The molecule has 3 amide bonds. The van der Waals surface area contributed by atoms with E-state index >= 15 is 0 Å². The Kier molecular flexibility index (Phi) is 3.43. The van der Waals surface area contributed by atoms with E-state index in [-0.39, 0.29) is 48.1 Å². The van der Waals surface area contributed by atoms with Crippen LogP contribution in [0.15, 0.2) is 30.4 Å². The zero-order valence-electron chi connectivity index (χ0n) is 15.9. The van der Waals surface area contributed by atoms with Crippen LogP contribution in [0.25, 0.3) is 0 Å². The lowest BCUT2D eigenvalue weighted by Gasteiger charge is -2.37. The maximum Gasteiger partial charge on any atom is 0.235 e. The lowest BCUT2D eigenvalue weighted by Crippen LogP contribution is -2.44. The van der Waals surface area contributed by atoms with Gasteiger partial charge in [-0.2, -0.15) is 0 Å². The molecular formula is C22H24N2O3. The van der Waals surface area contributed by atoms with Crippen molar-refractivity contribution in [2.75, 3.05) is 11.6 Å². The highest BCUT2D eigenvalue weighted by Crippen LogP contribution is 2.65. The third kappa shape index (κ3) is 2.27. The van der Waals surface area contributed by atoms with Crippen LogP contribution in [0.5, 0.6) is 0 Å². The number of hydrogen-bond acceptors (Lipinski definition) is 3. The molecule has 5 nitrogen and oxygen atoms in total. The number of amides is 3. The zero-order chi connectivity index (χ0) is 19.0. The fourth-order valence-corrected chi connectivity index (χ4v) is 5.75. The molecule has 6 atom stereocenters. The van der Waals surface area contributed by atoms with E-state index in [1.54, 1.807) is 4.90 Å². The van der Waals surface area contributed by atoms with E-state index in [1.165, 1.54) is 11.8 Å². The predicted octanol–water partition coefficient (Wildman–Crippen LogP) is 2.67. The summed E-state index contributed by atoms with van der Waals surface area (Å²) in [6.45, 7) is 5.45. The molecule has 6 rings (SSSR count). The van der Waals surface area contributed by atoms with Gasteiger partial charge in [0.15, 0.2) is 0 Å². The maximum atomic E-state index is 13.2. The summed E-state index contributed by atoms with van der Waals surface area (Å²) in [7, 11) is 0. The molecule has 3 fully saturated rings. The Morgan fingerprint density at radius 1 is 1.07 bits per heavy atom. The monoisotopic (exact) mass is 364 g/mol. The van der Waals surface area contributed by atoms with Crippen LogP contribution in [0.1, 0.15) is 24.5 Å². The predicted molar refractivity (Wildman–Crippen MR) is 100 cm³/mol. The number of benzene rings is 1. The summed E-state index contributed by atoms with van der Waals surface area (Å²) in [5.41, 5.74) is 2.83. The normalized spacial score (nSPS) is 35.3. The molecule has 0 aromatic heterocycles. The molecule has 1 aliphatic heterocycles. The van der Waals surface area contributed by atoms with E-state index in [0.717, 1.165) is 23.2 Å². The average Bonchev–Trinajstić information content (AvgIpc) is 3.40. The highest BCUT2D eigenvalue weighted by atomic mass is 16.2. The van der Waals surface area contributed by atoms with Gasteiger partial charge >= 0.3 is 0 Å². The standard InChI is InChI=1S/C22H24N2O3/c1-11-4-7-18(12(2)8-11)23(13(3)25)10-24-21(26)19-14-5-6-15(17-9-16(14)17)20(19)22(24)27/h4-8,14-17,19-20H,9-10H2,1-3H3/t14-,15-,16-,17+,19-,20+/m0/s1. The minimum atomic E-state index is -0.218. The van der Waals surface area contributed by atoms with Crippen LogP contribution in [0, 0.1) is 49.4 Å². The fourth-order valence-electron chi connectivity index (χ4n) is 5.75. The fraction of sp³-hybridized carbons (Fsp3) is 0.500. The molecule has 5 heteroatoms. The number of allylic oxidation sites excluding steroid dienone is 2. The molecule has 0 spiro atoms. The molecular weight excluding hydrogens is 340 g/mol. The third-order valence-electron chi connectivity index (χ3n) is 7.06. The molecule has 5 aliphatic rings. The Hall–Kier alpha value is -2.43. The van der Waals surface area contributed by atoms with Crippen molar-refractivity contribution in [1.82, 2.24) is 4.90 Å². The topological polar surface area (TPSA) is 57.7 Å². The lowest BCUT2D eigenvalue weighted by atomic mass is 9.63. The minimum absolute atomic E-state index is 0.0126. The van der Waals surface area contributed by atoms with Gasteiger partial charge < -0.3 is 0 Å². The van der Waals surface area contributed by atoms with Crippen LogP contribution in [0.3, 0.4) is 0 Å². The number of anilines is 1. The molecule has 4 aliphatic carbocycles. The molecule has 27 heavy (non-hydrogen) atoms. The first-order valence-electron chi connectivity index (χ1n) is 9.77. The van der Waals surface area contributed by atoms with Gasteiger partial charge in [0, 0.05) is 12.6 Å². The molecule has 0 unspecified atom stereocenters. The zero-order valence-corrected chi connectivity index (χ0v) is 15.9. The van der Waals surface area contributed by atoms with Crippen molar-refractivity contribution in [3.63, 3.8) is 0 Å². The minimum Gasteiger partial charge on any atom is -0.294 e. The van der Waals surface area contributed by atoms with Gasteiger partial charge in [-0.3, -0.25) is 24.2 Å². The van der Waals surface area contributed by atoms with E-state index in [4.69, 9.17) is 0 Å². The van der Waals surface area contributed by atoms with Crippen molar-refractivity contribution < 1.29 is 14.4 Å². The van der Waals surface area contributed by atoms with E-state index in [0.29, 0.717) is 11.8 Å². The second-order valence-electron chi connectivity index (χ2n) is 8.64. The first kappa shape index (κ1) is 16.7. The summed E-state index contributed by atoms with van der Waals surface area (Å²) >= 11 is 0. The molecule has 2 bridgehead atoms. The van der Waals surface area contributed by atoms with Crippen LogP contribution < -0.4 is 4.90 Å². The first-order valence-corrected chi connectivity index (χ1v) is 9.77. The molecule has 1 aromatic rings. The van der Waals surface area contributed by atoms with Crippen molar-refractivity contribution in [3.05, 3.63) is 41.5 Å². The van der Waals surface area contributed by atoms with Gasteiger partial charge in [0.2, 0.25) is 17.7 Å². The number of nitrogens with zero attached hydrogens (tertiary/aromatic N) is 2. The molecule has 1 heterocycles. The van der Waals surface area contributed by atoms with E-state index in [2.05, 4.69) is 12.2 Å². The number of likely N-dealkylation sites (tertiary alicyclic amines) is 1. The average molecular weight is 364 g/mol. The van der Waals surface area contributed by atoms with Crippen LogP contribution in [-0.2, 0) is 14.4 Å². The molecule has 0 N–H and O–H groups in total. The largest absolute Gasteiger partial charge is 0.294 e. The van der Waals surface area contributed by atoms with E-state index < -0.39 is 0 Å². The van der Waals surface area contributed by atoms with Gasteiger partial charge in [-0.25, -0.2) is 0 Å². The summed E-state index contributed by atoms with van der Waals surface area (Å²) in [5.74, 6) is 0.797. The third-order valence-corrected chi connectivity index (χ3v) is 7.06. The second kappa shape index (κ2) is 5.54. The highest BCUT2D eigenvalue weighted by molar-refractivity contribution is 6.07. The van der Waals surface area contributed by atoms with Crippen LogP contribution >= 0.6 is 0 Å². The summed E-state index contributed by atoms with van der Waals surface area (Å²) in [6, 6.07) is 5.85. The second-order valence-corrected chi connectivity index (χ2v) is 8.64. The Balaban J connectivity index is 1.45. The molecule has 0 radical (unpaired) electrons. The van der Waals surface area contributed by atoms with Gasteiger partial charge in [0.05, 0.1) is 11.8 Å². The number of hydrogen-bond donors (Lipinski definition) is 0. The van der Waals surface area contributed by atoms with Gasteiger partial charge in [-0.05, 0) is 55.6 Å². The van der Waals surface area contributed by atoms with Gasteiger partial charge in [0.1, 0.15) is 6.67 Å². The molecule has 2 saturated carbocycles. The number of carbonyl (C=O) groups excluding carboxylic acids is 3. The summed E-state index contributed by atoms with van der Waals surface area (Å²) < 4.78 is 0. The Labute approximate surface area is 159 Å². The van der Waals surface area contributed by atoms with Crippen molar-refractivity contribution in [3.8, 4) is 0 Å². The van der Waals surface area contributed by atoms with Crippen LogP contribution in [0.4, 0.5) is 5.69 Å². The SMILES string of the molecule is CC(=O)N(CN1C(=O)[C@@H]2[C@H]3C=C[C@@H]([C@@H]4C[C@H]34)[C@@H]2C1=O)c1ccc(C)cc1C. The molecule has 140 valence electrons. The highest BCUT2D eigenvalue weighted by Gasteiger charge is 2.67. The van der Waals surface area contributed by atoms with Gasteiger partial charge in [-0.1, -0.05) is 29.8 Å². The van der Waals surface area contributed by atoms with Crippen molar-refractivity contribution in [2.24, 2.45) is 35.5 Å². The van der Waals surface area contributed by atoms with E-state index in [1.807, 2.05) is 32.0 Å². The maximum absolute atomic E-state index is 13.2. The lowest BCUT2D eigenvalue weighted by molar-refractivity contribution is -0.140. The smallest absolute Gasteiger partial charge is 0.235 e. The van der Waals surface area contributed by atoms with Crippen molar-refractivity contribution >= 4 is 23.4 Å². The Morgan fingerprint density at radius 3 is 2.19 bits per heavy atom. The van der Waals surface area contributed by atoms with Crippen LogP contribution in [0.2, 0.25) is 0 Å². The summed E-state index contributed by atoms with van der Waals surface area (Å²) in [6.07, 6.45) is 5.49. The van der Waals surface area contributed by atoms with Crippen LogP contribution in [-0.4, -0.2) is 29.3 Å². The van der Waals surface area contributed by atoms with Crippen molar-refractivity contribution in [2.45, 2.75) is 27.2 Å². The quantitative estimate of drug-likeness (QED) is 0.612. The number of rotatable bonds is 3. The number of imide groups is 1. The molecule has 1 aromatic carbocycles. The Morgan fingerprint density at radius 2 is 1.67 bits per heavy atom. The first-order chi connectivity index (χ1) is 12.9. The molecule has 1 saturated heterocycles. The van der Waals surface area contributed by atoms with Gasteiger partial charge in [0.25, 0.3) is 0 Å². The number of carbonyl (C=O) groups is 3. The summed E-state index contributed by atoms with van der Waals surface area (Å²) in [5, 5.41) is 0.